The van der Waals surface area contributed by atoms with E-state index in [0.717, 1.165) is 32.1 Å². The predicted molar refractivity (Wildman–Crippen MR) is 134 cm³/mol. The molecule has 4 fully saturated rings. The zero-order chi connectivity index (χ0) is 23.7. The van der Waals surface area contributed by atoms with Crippen LogP contribution in [0.5, 0.6) is 0 Å². The molecular formula is C30H50O2. The standard InChI is InChI=1S/C30H50O2/c1-19(2)10-9-11-20(3)21-12-16-30(8)26(21)22(31)18-24-28(6)15-14-25(32)27(4,5)23(28)13-17-29(24,30)7/h10,21-26,31-32H,3,9,11-18H2,1-2,4-8H3/t21?,22-,23+,24-,25+,26+,28+,29-,30-/m1/s1. The highest BCUT2D eigenvalue weighted by Gasteiger charge is 2.70. The molecule has 4 rings (SSSR count). The Balaban J connectivity index is 1.64. The van der Waals surface area contributed by atoms with Gasteiger partial charge in [0.2, 0.25) is 0 Å². The first-order chi connectivity index (χ1) is 14.8. The van der Waals surface area contributed by atoms with Gasteiger partial charge in [0.05, 0.1) is 12.2 Å². The van der Waals surface area contributed by atoms with Gasteiger partial charge in [0.15, 0.2) is 0 Å². The number of allylic oxidation sites excluding steroid dienone is 3. The van der Waals surface area contributed by atoms with Crippen LogP contribution in [0.4, 0.5) is 0 Å². The summed E-state index contributed by atoms with van der Waals surface area (Å²) in [7, 11) is 0. The molecule has 4 saturated carbocycles. The molecule has 0 aromatic heterocycles. The fourth-order valence-corrected chi connectivity index (χ4v) is 9.94. The minimum absolute atomic E-state index is 0.0333. The molecule has 0 radical (unpaired) electrons. The van der Waals surface area contributed by atoms with Crippen molar-refractivity contribution in [3.63, 3.8) is 0 Å². The van der Waals surface area contributed by atoms with E-state index in [1.807, 2.05) is 0 Å². The van der Waals surface area contributed by atoms with E-state index in [9.17, 15) is 10.2 Å². The number of fused-ring (bicyclic) bond motifs is 5. The molecule has 1 unspecified atom stereocenters. The van der Waals surface area contributed by atoms with E-state index in [4.69, 9.17) is 0 Å². The quantitative estimate of drug-likeness (QED) is 0.448. The number of hydrogen-bond donors (Lipinski definition) is 2. The second kappa shape index (κ2) is 7.98. The summed E-state index contributed by atoms with van der Waals surface area (Å²) in [6, 6.07) is 0. The van der Waals surface area contributed by atoms with Crippen molar-refractivity contribution in [2.24, 2.45) is 45.3 Å². The van der Waals surface area contributed by atoms with E-state index in [2.05, 4.69) is 61.1 Å². The van der Waals surface area contributed by atoms with E-state index in [1.54, 1.807) is 0 Å². The highest BCUT2D eigenvalue weighted by molar-refractivity contribution is 5.22. The largest absolute Gasteiger partial charge is 0.393 e. The summed E-state index contributed by atoms with van der Waals surface area (Å²) in [6.45, 7) is 21.1. The van der Waals surface area contributed by atoms with Crippen LogP contribution in [-0.2, 0) is 0 Å². The Morgan fingerprint density at radius 3 is 2.22 bits per heavy atom. The number of aliphatic hydroxyl groups excluding tert-OH is 2. The highest BCUT2D eigenvalue weighted by Crippen LogP contribution is 2.75. The van der Waals surface area contributed by atoms with Gasteiger partial charge in [0, 0.05) is 0 Å². The van der Waals surface area contributed by atoms with Crippen LogP contribution in [-0.4, -0.2) is 22.4 Å². The summed E-state index contributed by atoms with van der Waals surface area (Å²) in [5, 5.41) is 22.6. The lowest BCUT2D eigenvalue weighted by Gasteiger charge is -2.70. The third kappa shape index (κ3) is 3.33. The fourth-order valence-electron chi connectivity index (χ4n) is 9.94. The van der Waals surface area contributed by atoms with Crippen LogP contribution < -0.4 is 0 Å². The molecule has 2 heteroatoms. The zero-order valence-electron chi connectivity index (χ0n) is 22.0. The maximum Gasteiger partial charge on any atom is 0.0594 e. The van der Waals surface area contributed by atoms with Gasteiger partial charge in [0.1, 0.15) is 0 Å². The molecular weight excluding hydrogens is 392 g/mol. The topological polar surface area (TPSA) is 40.5 Å². The third-order valence-electron chi connectivity index (χ3n) is 11.9. The molecule has 0 saturated heterocycles. The van der Waals surface area contributed by atoms with E-state index >= 15 is 0 Å². The normalized spacial score (nSPS) is 49.5. The fraction of sp³-hybridized carbons (Fsp3) is 0.867. The van der Waals surface area contributed by atoms with E-state index in [0.29, 0.717) is 23.7 Å². The summed E-state index contributed by atoms with van der Waals surface area (Å²) in [6.07, 6.45) is 11.9. The Morgan fingerprint density at radius 2 is 1.56 bits per heavy atom. The molecule has 2 N–H and O–H groups in total. The van der Waals surface area contributed by atoms with Crippen LogP contribution in [0.15, 0.2) is 23.8 Å². The van der Waals surface area contributed by atoms with Crippen molar-refractivity contribution in [3.05, 3.63) is 23.8 Å². The Kier molecular flexibility index (Phi) is 6.11. The molecule has 32 heavy (non-hydrogen) atoms. The number of aliphatic hydroxyl groups is 2. The minimum atomic E-state index is -0.226. The molecule has 0 heterocycles. The van der Waals surface area contributed by atoms with Crippen molar-refractivity contribution < 1.29 is 10.2 Å². The van der Waals surface area contributed by atoms with Crippen molar-refractivity contribution >= 4 is 0 Å². The lowest BCUT2D eigenvalue weighted by atomic mass is 9.35. The Morgan fingerprint density at radius 1 is 0.906 bits per heavy atom. The molecule has 0 aliphatic heterocycles. The van der Waals surface area contributed by atoms with Gasteiger partial charge in [-0.15, -0.1) is 0 Å². The van der Waals surface area contributed by atoms with Crippen molar-refractivity contribution in [1.29, 1.82) is 0 Å². The molecule has 0 bridgehead atoms. The zero-order valence-corrected chi connectivity index (χ0v) is 22.0. The summed E-state index contributed by atoms with van der Waals surface area (Å²) in [5.41, 5.74) is 3.37. The molecule has 182 valence electrons. The highest BCUT2D eigenvalue weighted by atomic mass is 16.3. The second-order valence-corrected chi connectivity index (χ2v) is 13.8. The Hall–Kier alpha value is -0.600. The first-order valence-electron chi connectivity index (χ1n) is 13.5. The van der Waals surface area contributed by atoms with Crippen molar-refractivity contribution in [2.45, 2.75) is 118 Å². The van der Waals surface area contributed by atoms with Crippen LogP contribution in [0.3, 0.4) is 0 Å². The van der Waals surface area contributed by atoms with E-state index < -0.39 is 0 Å². The van der Waals surface area contributed by atoms with Gasteiger partial charge >= 0.3 is 0 Å². The third-order valence-corrected chi connectivity index (χ3v) is 11.9. The van der Waals surface area contributed by atoms with Crippen LogP contribution in [0.25, 0.3) is 0 Å². The first-order valence-corrected chi connectivity index (χ1v) is 13.5. The van der Waals surface area contributed by atoms with E-state index in [1.165, 1.54) is 36.8 Å². The molecule has 2 nitrogen and oxygen atoms in total. The molecule has 4 aliphatic rings. The average molecular weight is 443 g/mol. The van der Waals surface area contributed by atoms with Gasteiger partial charge in [-0.05, 0) is 117 Å². The van der Waals surface area contributed by atoms with Crippen molar-refractivity contribution in [1.82, 2.24) is 0 Å². The second-order valence-electron chi connectivity index (χ2n) is 13.8. The van der Waals surface area contributed by atoms with Crippen LogP contribution in [0.1, 0.15) is 106 Å². The lowest BCUT2D eigenvalue weighted by molar-refractivity contribution is -0.240. The smallest absolute Gasteiger partial charge is 0.0594 e. The van der Waals surface area contributed by atoms with Gasteiger partial charge in [-0.1, -0.05) is 58.4 Å². The van der Waals surface area contributed by atoms with Gasteiger partial charge in [0.25, 0.3) is 0 Å². The maximum atomic E-state index is 11.7. The van der Waals surface area contributed by atoms with Crippen molar-refractivity contribution in [3.8, 4) is 0 Å². The maximum absolute atomic E-state index is 11.7. The molecule has 0 aromatic carbocycles. The van der Waals surface area contributed by atoms with Gasteiger partial charge in [-0.3, -0.25) is 0 Å². The lowest BCUT2D eigenvalue weighted by Crippen LogP contribution is -2.66. The summed E-state index contributed by atoms with van der Waals surface area (Å²) >= 11 is 0. The molecule has 0 amide bonds. The Labute approximate surface area is 198 Å². The van der Waals surface area contributed by atoms with E-state index in [-0.39, 0.29) is 33.9 Å². The summed E-state index contributed by atoms with van der Waals surface area (Å²) in [5.74, 6) is 1.90. The monoisotopic (exact) mass is 442 g/mol. The van der Waals surface area contributed by atoms with Crippen LogP contribution >= 0.6 is 0 Å². The van der Waals surface area contributed by atoms with Gasteiger partial charge < -0.3 is 10.2 Å². The Bertz CT molecular complexity index is 776. The molecule has 9 atom stereocenters. The molecule has 0 spiro atoms. The number of rotatable bonds is 4. The number of hydrogen-bond acceptors (Lipinski definition) is 2. The average Bonchev–Trinajstić information content (AvgIpc) is 3.07. The summed E-state index contributed by atoms with van der Waals surface area (Å²) < 4.78 is 0. The van der Waals surface area contributed by atoms with Crippen LogP contribution in [0, 0.1) is 45.3 Å². The molecule has 0 aromatic rings. The van der Waals surface area contributed by atoms with Crippen molar-refractivity contribution in [2.75, 3.05) is 0 Å². The SMILES string of the molecule is C=C(CCC=C(C)C)C1CC[C@]2(C)[C@@H]1[C@H](O)C[C@@H]1[C@@]3(C)CC[C@H](O)C(C)(C)[C@@H]3CC[C@]12C. The van der Waals surface area contributed by atoms with Gasteiger partial charge in [-0.25, -0.2) is 0 Å². The van der Waals surface area contributed by atoms with Gasteiger partial charge in [-0.2, -0.15) is 0 Å². The predicted octanol–water partition coefficient (Wildman–Crippen LogP) is 7.31. The van der Waals surface area contributed by atoms with Crippen LogP contribution in [0.2, 0.25) is 0 Å². The minimum Gasteiger partial charge on any atom is -0.393 e. The summed E-state index contributed by atoms with van der Waals surface area (Å²) in [4.78, 5) is 0. The first kappa shape index (κ1) is 24.5. The molecule has 4 aliphatic carbocycles.